The maximum atomic E-state index is 9.21. The second-order valence-corrected chi connectivity index (χ2v) is 3.20. The molecule has 0 bridgehead atoms. The molecule has 4 N–H and O–H groups in total. The minimum Gasteiger partial charge on any atom is -0.412 e. The minimum absolute atomic E-state index is 0. The van der Waals surface area contributed by atoms with Crippen molar-refractivity contribution in [1.82, 2.24) is 0 Å². The SMILES string of the molecule is CC(C)(O)COCCOCCO.O.[Te]. The van der Waals surface area contributed by atoms with E-state index in [-0.39, 0.29) is 35.7 Å². The third kappa shape index (κ3) is 18.4. The first kappa shape index (κ1) is 20.1. The number of rotatable bonds is 7. The molecule has 0 aliphatic heterocycles. The van der Waals surface area contributed by atoms with Gasteiger partial charge in [-0.1, -0.05) is 0 Å². The molecule has 5 nitrogen and oxygen atoms in total. The van der Waals surface area contributed by atoms with E-state index in [0.29, 0.717) is 26.4 Å². The van der Waals surface area contributed by atoms with E-state index in [1.807, 2.05) is 0 Å². The molecule has 0 aliphatic carbocycles. The number of ether oxygens (including phenoxy) is 2. The van der Waals surface area contributed by atoms with Crippen LogP contribution in [0.2, 0.25) is 0 Å². The van der Waals surface area contributed by atoms with E-state index in [2.05, 4.69) is 0 Å². The number of hydrogen-bond acceptors (Lipinski definition) is 4. The summed E-state index contributed by atoms with van der Waals surface area (Å²) in [5.41, 5.74) is -0.781. The predicted octanol–water partition coefficient (Wildman–Crippen LogP) is -1.42. The summed E-state index contributed by atoms with van der Waals surface area (Å²) >= 11 is 0. The summed E-state index contributed by atoms with van der Waals surface area (Å²) in [6.07, 6.45) is 0. The molecular weight excluding hydrogens is 304 g/mol. The summed E-state index contributed by atoms with van der Waals surface area (Å²) in [7, 11) is 0. The van der Waals surface area contributed by atoms with Crippen LogP contribution in [-0.4, -0.2) is 78.0 Å². The molecule has 2 radical (unpaired) electrons. The smallest absolute Gasteiger partial charge is 0.0824 e. The first-order valence-corrected chi connectivity index (χ1v) is 4.05. The van der Waals surface area contributed by atoms with E-state index in [1.165, 1.54) is 0 Å². The molecule has 14 heavy (non-hydrogen) atoms. The van der Waals surface area contributed by atoms with Crippen LogP contribution in [0.15, 0.2) is 0 Å². The molecule has 6 heteroatoms. The molecule has 0 amide bonds. The van der Waals surface area contributed by atoms with Crippen LogP contribution in [0.3, 0.4) is 0 Å². The number of hydrogen-bond donors (Lipinski definition) is 2. The second kappa shape index (κ2) is 11.7. The fraction of sp³-hybridized carbons (Fsp3) is 1.00. The van der Waals surface area contributed by atoms with E-state index in [9.17, 15) is 5.11 Å². The Kier molecular flexibility index (Phi) is 16.7. The van der Waals surface area contributed by atoms with Gasteiger partial charge in [-0.3, -0.25) is 0 Å². The van der Waals surface area contributed by atoms with E-state index >= 15 is 0 Å². The molecular formula is C8H20O5Te. The van der Waals surface area contributed by atoms with Crippen LogP contribution < -0.4 is 0 Å². The maximum absolute atomic E-state index is 9.21. The van der Waals surface area contributed by atoms with Crippen molar-refractivity contribution < 1.29 is 25.2 Å². The monoisotopic (exact) mass is 326 g/mol. The predicted molar refractivity (Wildman–Crippen MR) is 54.4 cm³/mol. The topological polar surface area (TPSA) is 90.4 Å². The Labute approximate surface area is 101 Å². The fourth-order valence-corrected chi connectivity index (χ4v) is 0.606. The van der Waals surface area contributed by atoms with Gasteiger partial charge in [-0.25, -0.2) is 0 Å². The van der Waals surface area contributed by atoms with Crippen molar-refractivity contribution in [3.05, 3.63) is 0 Å². The van der Waals surface area contributed by atoms with Crippen molar-refractivity contribution in [1.29, 1.82) is 0 Å². The zero-order chi connectivity index (χ0) is 9.45. The minimum atomic E-state index is -0.781. The van der Waals surface area contributed by atoms with Crippen LogP contribution in [-0.2, 0) is 9.47 Å². The molecule has 88 valence electrons. The second-order valence-electron chi connectivity index (χ2n) is 3.20. The average molecular weight is 324 g/mol. The van der Waals surface area contributed by atoms with E-state index in [4.69, 9.17) is 14.6 Å². The van der Waals surface area contributed by atoms with Crippen LogP contribution in [0.5, 0.6) is 0 Å². The standard InChI is InChI=1S/C8H18O4.H2O.Te/c1-8(2,10)7-12-6-5-11-4-3-9;;/h9-10H,3-7H2,1-2H3;1H2;. The fourth-order valence-electron chi connectivity index (χ4n) is 0.606. The van der Waals surface area contributed by atoms with Crippen molar-refractivity contribution in [2.75, 3.05) is 33.0 Å². The van der Waals surface area contributed by atoms with E-state index < -0.39 is 5.60 Å². The Morgan fingerprint density at radius 3 is 2.00 bits per heavy atom. The molecule has 0 aromatic rings. The Bertz CT molecular complexity index is 104. The van der Waals surface area contributed by atoms with Gasteiger partial charge in [0.15, 0.2) is 0 Å². The maximum Gasteiger partial charge on any atom is 0.0824 e. The molecule has 0 spiro atoms. The summed E-state index contributed by atoms with van der Waals surface area (Å²) in [4.78, 5) is 0. The first-order valence-electron chi connectivity index (χ1n) is 4.05. The molecule has 0 rings (SSSR count). The van der Waals surface area contributed by atoms with Crippen molar-refractivity contribution in [3.63, 3.8) is 0 Å². The van der Waals surface area contributed by atoms with Gasteiger partial charge >= 0.3 is 0 Å². The zero-order valence-electron chi connectivity index (χ0n) is 8.65. The summed E-state index contributed by atoms with van der Waals surface area (Å²) < 4.78 is 10.0. The van der Waals surface area contributed by atoms with Crippen molar-refractivity contribution in [2.24, 2.45) is 0 Å². The molecule has 0 fully saturated rings. The third-order valence-corrected chi connectivity index (χ3v) is 1.06. The Hall–Kier alpha value is 0.590. The Morgan fingerprint density at radius 2 is 1.57 bits per heavy atom. The average Bonchev–Trinajstić information content (AvgIpc) is 1.94. The molecule has 0 aromatic carbocycles. The van der Waals surface area contributed by atoms with E-state index in [0.717, 1.165) is 0 Å². The molecule has 0 atom stereocenters. The van der Waals surface area contributed by atoms with E-state index in [1.54, 1.807) is 13.8 Å². The van der Waals surface area contributed by atoms with Gasteiger partial charge in [-0.15, -0.1) is 0 Å². The van der Waals surface area contributed by atoms with Crippen molar-refractivity contribution in [2.45, 2.75) is 19.4 Å². The van der Waals surface area contributed by atoms with Crippen molar-refractivity contribution >= 4 is 23.7 Å². The Balaban J connectivity index is -0.000000605. The normalized spacial score (nSPS) is 10.3. The summed E-state index contributed by atoms with van der Waals surface area (Å²) in [6.45, 7) is 4.94. The van der Waals surface area contributed by atoms with Gasteiger partial charge in [0.1, 0.15) is 0 Å². The summed E-state index contributed by atoms with van der Waals surface area (Å²) in [5.74, 6) is 0. The van der Waals surface area contributed by atoms with Gasteiger partial charge in [-0.05, 0) is 13.8 Å². The molecule has 0 aliphatic rings. The van der Waals surface area contributed by atoms with Gasteiger partial charge in [0.25, 0.3) is 0 Å². The van der Waals surface area contributed by atoms with Crippen LogP contribution in [0, 0.1) is 0 Å². The number of aliphatic hydroxyl groups excluding tert-OH is 1. The molecule has 0 saturated carbocycles. The van der Waals surface area contributed by atoms with Crippen molar-refractivity contribution in [3.8, 4) is 0 Å². The largest absolute Gasteiger partial charge is 0.412 e. The quantitative estimate of drug-likeness (QED) is 0.444. The van der Waals surface area contributed by atoms with Gasteiger partial charge in [0, 0.05) is 23.7 Å². The van der Waals surface area contributed by atoms with Gasteiger partial charge < -0.3 is 25.2 Å². The summed E-state index contributed by atoms with van der Waals surface area (Å²) in [6, 6.07) is 0. The first-order chi connectivity index (χ1) is 5.56. The van der Waals surface area contributed by atoms with Crippen LogP contribution in [0.1, 0.15) is 13.8 Å². The summed E-state index contributed by atoms with van der Waals surface area (Å²) in [5, 5.41) is 17.6. The van der Waals surface area contributed by atoms with Crippen LogP contribution in [0.25, 0.3) is 0 Å². The molecule has 0 saturated heterocycles. The van der Waals surface area contributed by atoms with Crippen LogP contribution >= 0.6 is 0 Å². The Morgan fingerprint density at radius 1 is 1.07 bits per heavy atom. The van der Waals surface area contributed by atoms with Crippen LogP contribution in [0.4, 0.5) is 0 Å². The molecule has 0 unspecified atom stereocenters. The van der Waals surface area contributed by atoms with Gasteiger partial charge in [-0.2, -0.15) is 0 Å². The molecule has 0 heterocycles. The zero-order valence-corrected chi connectivity index (χ0v) is 11.0. The third-order valence-electron chi connectivity index (χ3n) is 1.06. The molecule has 0 aromatic heterocycles. The van der Waals surface area contributed by atoms with Gasteiger partial charge in [0.2, 0.25) is 0 Å². The van der Waals surface area contributed by atoms with Gasteiger partial charge in [0.05, 0.1) is 38.6 Å². The number of aliphatic hydroxyl groups is 2.